The second-order valence-corrected chi connectivity index (χ2v) is 5.61. The molecule has 2 N–H and O–H groups in total. The molecule has 0 fully saturated rings. The molecule has 3 heteroatoms. The molecule has 108 valence electrons. The molecule has 4 rings (SSSR count). The minimum absolute atomic E-state index is 0.923. The molecule has 2 aromatic carbocycles. The lowest BCUT2D eigenvalue weighted by atomic mass is 10.1. The highest BCUT2D eigenvalue weighted by atomic mass is 14.9. The van der Waals surface area contributed by atoms with Gasteiger partial charge in [0.25, 0.3) is 0 Å². The van der Waals surface area contributed by atoms with Crippen LogP contribution in [-0.2, 0) is 0 Å². The highest BCUT2D eigenvalue weighted by Crippen LogP contribution is 2.29. The van der Waals surface area contributed by atoms with Crippen molar-refractivity contribution in [1.82, 2.24) is 9.97 Å². The van der Waals surface area contributed by atoms with Gasteiger partial charge in [0, 0.05) is 23.5 Å². The van der Waals surface area contributed by atoms with Crippen molar-refractivity contribution in [2.45, 2.75) is 6.92 Å². The van der Waals surface area contributed by atoms with Gasteiger partial charge in [0.15, 0.2) is 0 Å². The molecule has 0 bridgehead atoms. The fraction of sp³-hybridized carbons (Fsp3) is 0.105. The zero-order chi connectivity index (χ0) is 15.1. The fourth-order valence-corrected chi connectivity index (χ4v) is 2.95. The van der Waals surface area contributed by atoms with Crippen LogP contribution in [0.25, 0.3) is 33.2 Å². The van der Waals surface area contributed by atoms with E-state index >= 15 is 0 Å². The number of hydrogen-bond donors (Lipinski definition) is 2. The van der Waals surface area contributed by atoms with Gasteiger partial charge in [-0.3, -0.25) is 0 Å². The number of aromatic nitrogens is 2. The number of hydrogen-bond acceptors (Lipinski definition) is 2. The van der Waals surface area contributed by atoms with Crippen molar-refractivity contribution in [3.05, 3.63) is 60.2 Å². The average Bonchev–Trinajstić information content (AvgIpc) is 2.95. The van der Waals surface area contributed by atoms with Crippen molar-refractivity contribution >= 4 is 27.6 Å². The van der Waals surface area contributed by atoms with Gasteiger partial charge in [-0.1, -0.05) is 30.3 Å². The number of pyridine rings is 1. The maximum absolute atomic E-state index is 4.82. The summed E-state index contributed by atoms with van der Waals surface area (Å²) in [7, 11) is 1.93. The van der Waals surface area contributed by atoms with Gasteiger partial charge >= 0.3 is 0 Å². The van der Waals surface area contributed by atoms with E-state index in [1.807, 2.05) is 25.2 Å². The summed E-state index contributed by atoms with van der Waals surface area (Å²) in [6, 6.07) is 19.0. The molecule has 22 heavy (non-hydrogen) atoms. The lowest BCUT2D eigenvalue weighted by Gasteiger charge is -2.07. The second-order valence-electron chi connectivity index (χ2n) is 5.61. The molecular formula is C19H17N3. The molecule has 0 aliphatic carbocycles. The van der Waals surface area contributed by atoms with Crippen LogP contribution in [-0.4, -0.2) is 17.0 Å². The number of anilines is 1. The largest absolute Gasteiger partial charge is 0.386 e. The highest BCUT2D eigenvalue weighted by molar-refractivity contribution is 5.99. The van der Waals surface area contributed by atoms with E-state index in [0.29, 0.717) is 0 Å². The number of nitrogens with zero attached hydrogens (tertiary/aromatic N) is 1. The van der Waals surface area contributed by atoms with Gasteiger partial charge in [0.1, 0.15) is 5.65 Å². The zero-order valence-corrected chi connectivity index (χ0v) is 12.6. The lowest BCUT2D eigenvalue weighted by Crippen LogP contribution is -1.93. The van der Waals surface area contributed by atoms with E-state index in [1.54, 1.807) is 0 Å². The van der Waals surface area contributed by atoms with Crippen molar-refractivity contribution in [1.29, 1.82) is 0 Å². The number of aromatic amines is 1. The third-order valence-corrected chi connectivity index (χ3v) is 4.00. The molecule has 0 unspecified atom stereocenters. The van der Waals surface area contributed by atoms with Gasteiger partial charge in [-0.05, 0) is 42.3 Å². The zero-order valence-electron chi connectivity index (χ0n) is 12.6. The van der Waals surface area contributed by atoms with Crippen molar-refractivity contribution in [2.24, 2.45) is 0 Å². The molecule has 4 aromatic rings. The Morgan fingerprint density at radius 1 is 0.955 bits per heavy atom. The Bertz CT molecular complexity index is 968. The molecule has 0 saturated carbocycles. The average molecular weight is 287 g/mol. The number of H-pyrrole nitrogens is 1. The summed E-state index contributed by atoms with van der Waals surface area (Å²) in [4.78, 5) is 8.25. The predicted molar refractivity (Wildman–Crippen MR) is 93.3 cm³/mol. The normalized spacial score (nSPS) is 11.2. The first-order chi connectivity index (χ1) is 10.7. The molecule has 2 aromatic heterocycles. The first kappa shape index (κ1) is 12.9. The molecule has 3 nitrogen and oxygen atoms in total. The number of rotatable bonds is 2. The van der Waals surface area contributed by atoms with Crippen molar-refractivity contribution in [2.75, 3.05) is 12.4 Å². The van der Waals surface area contributed by atoms with E-state index in [2.05, 4.69) is 53.6 Å². The van der Waals surface area contributed by atoms with E-state index in [-0.39, 0.29) is 0 Å². The first-order valence-corrected chi connectivity index (χ1v) is 7.42. The topological polar surface area (TPSA) is 40.7 Å². The summed E-state index contributed by atoms with van der Waals surface area (Å²) < 4.78 is 0. The standard InChI is InChI=1S/C19H17N3/c1-12-8-14-10-15-11-16(13-6-4-3-5-7-13)21-19(15)22-18(14)17(9-12)20-2/h3-11,20H,1-2H3,(H,21,22). The summed E-state index contributed by atoms with van der Waals surface area (Å²) in [5.41, 5.74) is 6.49. The maximum Gasteiger partial charge on any atom is 0.138 e. The first-order valence-electron chi connectivity index (χ1n) is 7.42. The van der Waals surface area contributed by atoms with E-state index in [4.69, 9.17) is 4.98 Å². The molecular weight excluding hydrogens is 270 g/mol. The van der Waals surface area contributed by atoms with Gasteiger partial charge in [0.05, 0.1) is 11.2 Å². The fourth-order valence-electron chi connectivity index (χ4n) is 2.95. The van der Waals surface area contributed by atoms with E-state index in [1.165, 1.54) is 11.1 Å². The van der Waals surface area contributed by atoms with Crippen molar-refractivity contribution in [3.8, 4) is 11.3 Å². The quantitative estimate of drug-likeness (QED) is 0.559. The molecule has 0 saturated heterocycles. The minimum atomic E-state index is 0.923. The van der Waals surface area contributed by atoms with Crippen LogP contribution in [0.4, 0.5) is 5.69 Å². The lowest BCUT2D eigenvalue weighted by molar-refractivity contribution is 1.35. The molecule has 0 aliphatic rings. The SMILES string of the molecule is CNc1cc(C)cc2cc3cc(-c4ccccc4)[nH]c3nc12. The number of benzene rings is 2. The Hall–Kier alpha value is -2.81. The third-order valence-electron chi connectivity index (χ3n) is 4.00. The molecule has 0 amide bonds. The van der Waals surface area contributed by atoms with Crippen molar-refractivity contribution in [3.63, 3.8) is 0 Å². The predicted octanol–water partition coefficient (Wildman–Crippen LogP) is 4.73. The summed E-state index contributed by atoms with van der Waals surface area (Å²) in [6.45, 7) is 2.11. The van der Waals surface area contributed by atoms with Crippen LogP contribution in [0, 0.1) is 6.92 Å². The second kappa shape index (κ2) is 4.88. The van der Waals surface area contributed by atoms with Crippen LogP contribution in [0.2, 0.25) is 0 Å². The smallest absolute Gasteiger partial charge is 0.138 e. The molecule has 0 atom stereocenters. The number of fused-ring (bicyclic) bond motifs is 2. The maximum atomic E-state index is 4.82. The Labute approximate surface area is 129 Å². The van der Waals surface area contributed by atoms with Crippen LogP contribution in [0.3, 0.4) is 0 Å². The Morgan fingerprint density at radius 3 is 2.55 bits per heavy atom. The van der Waals surface area contributed by atoms with Gasteiger partial charge in [0.2, 0.25) is 0 Å². The third kappa shape index (κ3) is 2.02. The highest BCUT2D eigenvalue weighted by Gasteiger charge is 2.08. The van der Waals surface area contributed by atoms with E-state index < -0.39 is 0 Å². The van der Waals surface area contributed by atoms with Crippen LogP contribution in [0.15, 0.2) is 54.6 Å². The summed E-state index contributed by atoms with van der Waals surface area (Å²) in [6.07, 6.45) is 0. The monoisotopic (exact) mass is 287 g/mol. The van der Waals surface area contributed by atoms with E-state index in [0.717, 1.165) is 33.3 Å². The van der Waals surface area contributed by atoms with Gasteiger partial charge < -0.3 is 10.3 Å². The van der Waals surface area contributed by atoms with Gasteiger partial charge in [-0.15, -0.1) is 0 Å². The van der Waals surface area contributed by atoms with Crippen molar-refractivity contribution < 1.29 is 0 Å². The number of nitrogens with one attached hydrogen (secondary N) is 2. The Kier molecular flexibility index (Phi) is 2.86. The summed E-state index contributed by atoms with van der Waals surface area (Å²) >= 11 is 0. The van der Waals surface area contributed by atoms with Crippen LogP contribution in [0.1, 0.15) is 5.56 Å². The Morgan fingerprint density at radius 2 is 1.77 bits per heavy atom. The minimum Gasteiger partial charge on any atom is -0.386 e. The molecule has 0 aliphatic heterocycles. The van der Waals surface area contributed by atoms with Crippen LogP contribution < -0.4 is 5.32 Å². The summed E-state index contributed by atoms with van der Waals surface area (Å²) in [5.74, 6) is 0. The van der Waals surface area contributed by atoms with Crippen LogP contribution in [0.5, 0.6) is 0 Å². The van der Waals surface area contributed by atoms with Crippen LogP contribution >= 0.6 is 0 Å². The van der Waals surface area contributed by atoms with Gasteiger partial charge in [-0.2, -0.15) is 0 Å². The van der Waals surface area contributed by atoms with E-state index in [9.17, 15) is 0 Å². The molecule has 0 radical (unpaired) electrons. The summed E-state index contributed by atoms with van der Waals surface area (Å²) in [5, 5.41) is 5.54. The molecule has 0 spiro atoms. The molecule has 2 heterocycles. The number of aryl methyl sites for hydroxylation is 1. The Balaban J connectivity index is 1.98. The van der Waals surface area contributed by atoms with Gasteiger partial charge in [-0.25, -0.2) is 4.98 Å².